The molecule has 30 heavy (non-hydrogen) atoms. The van der Waals surface area contributed by atoms with E-state index >= 15 is 0 Å². The van der Waals surface area contributed by atoms with Crippen LogP contribution in [0.3, 0.4) is 0 Å². The van der Waals surface area contributed by atoms with Gasteiger partial charge in [0.2, 0.25) is 0 Å². The van der Waals surface area contributed by atoms with Crippen molar-refractivity contribution in [3.05, 3.63) is 12.2 Å². The molecule has 4 aliphatic rings. The number of Topliss-reactive ketones (excluding diaryl/α,β-unsaturated/α-hetero) is 1. The van der Waals surface area contributed by atoms with Crippen LogP contribution in [0, 0.1) is 58.2 Å². The fraction of sp³-hybridized carbons (Fsp3) is 0.893. The van der Waals surface area contributed by atoms with Crippen LogP contribution < -0.4 is 0 Å². The van der Waals surface area contributed by atoms with Gasteiger partial charge in [-0.25, -0.2) is 0 Å². The Morgan fingerprint density at radius 1 is 0.933 bits per heavy atom. The number of ketones is 1. The Morgan fingerprint density at radius 2 is 1.60 bits per heavy atom. The number of halogens is 1. The SMILES string of the molecule is CC(C)[C@H](C)/C=C/[C@H](C)[C@@H]1CC[C@@H]2[C@H]3CC(=O)[C@H]4C[C@@H](Cl)CC[C@]4(C)[C@@H]3CC[C@@]21C. The van der Waals surface area contributed by atoms with Crippen molar-refractivity contribution in [1.29, 1.82) is 0 Å². The summed E-state index contributed by atoms with van der Waals surface area (Å²) in [7, 11) is 0. The average Bonchev–Trinajstić information content (AvgIpc) is 3.04. The number of allylic oxidation sites excluding steroid dienone is 2. The average molecular weight is 433 g/mol. The lowest BCUT2D eigenvalue weighted by Crippen LogP contribution is -2.56. The number of rotatable bonds is 4. The molecule has 0 spiro atoms. The lowest BCUT2D eigenvalue weighted by molar-refractivity contribution is -0.153. The fourth-order valence-corrected chi connectivity index (χ4v) is 8.89. The highest BCUT2D eigenvalue weighted by Gasteiger charge is 2.62. The van der Waals surface area contributed by atoms with Crippen molar-refractivity contribution in [2.24, 2.45) is 58.2 Å². The van der Waals surface area contributed by atoms with Gasteiger partial charge in [0.1, 0.15) is 5.78 Å². The molecule has 4 fully saturated rings. The molecule has 0 N–H and O–H groups in total. The Balaban J connectivity index is 1.54. The van der Waals surface area contributed by atoms with Crippen LogP contribution in [0.2, 0.25) is 0 Å². The molecule has 0 aromatic heterocycles. The zero-order valence-corrected chi connectivity index (χ0v) is 21.0. The van der Waals surface area contributed by atoms with E-state index in [1.165, 1.54) is 25.7 Å². The van der Waals surface area contributed by atoms with Crippen LogP contribution in [0.15, 0.2) is 12.2 Å². The molecule has 0 saturated heterocycles. The van der Waals surface area contributed by atoms with E-state index in [0.29, 0.717) is 34.9 Å². The van der Waals surface area contributed by atoms with Gasteiger partial charge in [-0.15, -0.1) is 11.6 Å². The van der Waals surface area contributed by atoms with E-state index < -0.39 is 0 Å². The van der Waals surface area contributed by atoms with Crippen molar-refractivity contribution in [1.82, 2.24) is 0 Å². The predicted molar refractivity (Wildman–Crippen MR) is 128 cm³/mol. The quantitative estimate of drug-likeness (QED) is 0.325. The van der Waals surface area contributed by atoms with Gasteiger partial charge in [0.25, 0.3) is 0 Å². The second-order valence-corrected chi connectivity index (χ2v) is 13.2. The third-order valence-electron chi connectivity index (χ3n) is 10.9. The zero-order valence-electron chi connectivity index (χ0n) is 20.3. The molecule has 4 aliphatic carbocycles. The Hall–Kier alpha value is -0.300. The number of carbonyl (C=O) groups is 1. The first-order valence-corrected chi connectivity index (χ1v) is 13.4. The molecule has 0 radical (unpaired) electrons. The summed E-state index contributed by atoms with van der Waals surface area (Å²) in [4.78, 5) is 13.3. The first-order chi connectivity index (χ1) is 14.1. The molecular formula is C28H45ClO. The smallest absolute Gasteiger partial charge is 0.136 e. The molecule has 2 heteroatoms. The topological polar surface area (TPSA) is 17.1 Å². The van der Waals surface area contributed by atoms with Crippen LogP contribution in [0.5, 0.6) is 0 Å². The van der Waals surface area contributed by atoms with Crippen molar-refractivity contribution >= 4 is 17.4 Å². The molecule has 170 valence electrons. The molecule has 4 saturated carbocycles. The van der Waals surface area contributed by atoms with E-state index in [1.807, 2.05) is 0 Å². The fourth-order valence-electron chi connectivity index (χ4n) is 8.60. The highest BCUT2D eigenvalue weighted by molar-refractivity contribution is 6.20. The number of hydrogen-bond donors (Lipinski definition) is 0. The summed E-state index contributed by atoms with van der Waals surface area (Å²) in [5.41, 5.74) is 0.627. The van der Waals surface area contributed by atoms with Crippen LogP contribution in [-0.2, 0) is 4.79 Å². The van der Waals surface area contributed by atoms with Crippen molar-refractivity contribution in [2.45, 2.75) is 98.3 Å². The summed E-state index contributed by atoms with van der Waals surface area (Å²) in [6.07, 6.45) is 14.4. The monoisotopic (exact) mass is 432 g/mol. The third kappa shape index (κ3) is 3.64. The standard InChI is InChI=1S/C28H45ClO/c1-17(2)18(3)7-8-19(4)22-9-10-23-21-16-26(30)25-15-20(29)11-13-28(25,6)24(21)12-14-27(22,23)5/h7-8,17-25H,9-16H2,1-6H3/b8-7+/t18-,19+,20+,21-,22+,23-,24-,25-,27-,28-/m1/s1. The summed E-state index contributed by atoms with van der Waals surface area (Å²) in [6, 6.07) is 0. The van der Waals surface area contributed by atoms with E-state index in [-0.39, 0.29) is 16.7 Å². The van der Waals surface area contributed by atoms with Gasteiger partial charge in [-0.1, -0.05) is 53.7 Å². The normalized spacial score (nSPS) is 48.3. The molecule has 0 unspecified atom stereocenters. The first kappa shape index (κ1) is 22.9. The Morgan fingerprint density at radius 3 is 2.30 bits per heavy atom. The highest BCUT2D eigenvalue weighted by Crippen LogP contribution is 2.67. The Kier molecular flexibility index (Phi) is 6.28. The molecule has 0 aromatic rings. The van der Waals surface area contributed by atoms with Crippen LogP contribution in [0.25, 0.3) is 0 Å². The third-order valence-corrected chi connectivity index (χ3v) is 11.3. The van der Waals surface area contributed by atoms with Crippen molar-refractivity contribution in [3.8, 4) is 0 Å². The maximum atomic E-state index is 13.3. The summed E-state index contributed by atoms with van der Waals surface area (Å²) in [5.74, 6) is 5.68. The first-order valence-electron chi connectivity index (χ1n) is 12.9. The van der Waals surface area contributed by atoms with Crippen LogP contribution in [-0.4, -0.2) is 11.2 Å². The Bertz CT molecular complexity index is 682. The minimum Gasteiger partial charge on any atom is -0.299 e. The second kappa shape index (κ2) is 8.24. The van der Waals surface area contributed by atoms with E-state index in [9.17, 15) is 4.79 Å². The maximum Gasteiger partial charge on any atom is 0.136 e. The highest BCUT2D eigenvalue weighted by atomic mass is 35.5. The number of fused-ring (bicyclic) bond motifs is 5. The molecule has 0 heterocycles. The number of hydrogen-bond acceptors (Lipinski definition) is 1. The largest absolute Gasteiger partial charge is 0.299 e. The van der Waals surface area contributed by atoms with E-state index in [4.69, 9.17) is 11.6 Å². The van der Waals surface area contributed by atoms with Crippen LogP contribution in [0.4, 0.5) is 0 Å². The van der Waals surface area contributed by atoms with E-state index in [2.05, 4.69) is 53.7 Å². The second-order valence-electron chi connectivity index (χ2n) is 12.6. The minimum atomic E-state index is 0.211. The summed E-state index contributed by atoms with van der Waals surface area (Å²) in [5, 5.41) is 0.217. The van der Waals surface area contributed by atoms with Crippen LogP contribution >= 0.6 is 11.6 Å². The Labute approximate surface area is 190 Å². The van der Waals surface area contributed by atoms with Crippen LogP contribution in [0.1, 0.15) is 92.9 Å². The van der Waals surface area contributed by atoms with Crippen molar-refractivity contribution in [2.75, 3.05) is 0 Å². The lowest BCUT2D eigenvalue weighted by Gasteiger charge is -2.60. The molecule has 1 nitrogen and oxygen atoms in total. The van der Waals surface area contributed by atoms with Crippen molar-refractivity contribution in [3.63, 3.8) is 0 Å². The molecule has 0 bridgehead atoms. The summed E-state index contributed by atoms with van der Waals surface area (Å²) >= 11 is 6.52. The molecular weight excluding hydrogens is 388 g/mol. The van der Waals surface area contributed by atoms with Gasteiger partial charge >= 0.3 is 0 Å². The molecule has 0 amide bonds. The van der Waals surface area contributed by atoms with Gasteiger partial charge in [-0.3, -0.25) is 4.79 Å². The number of alkyl halides is 1. The van der Waals surface area contributed by atoms with Gasteiger partial charge in [0, 0.05) is 17.7 Å². The minimum absolute atomic E-state index is 0.211. The van der Waals surface area contributed by atoms with Gasteiger partial charge in [-0.2, -0.15) is 0 Å². The van der Waals surface area contributed by atoms with Gasteiger partial charge in [0.05, 0.1) is 0 Å². The number of carbonyl (C=O) groups excluding carboxylic acids is 1. The summed E-state index contributed by atoms with van der Waals surface area (Å²) in [6.45, 7) is 14.5. The molecule has 10 atom stereocenters. The zero-order chi connectivity index (χ0) is 21.8. The molecule has 0 aromatic carbocycles. The van der Waals surface area contributed by atoms with Gasteiger partial charge in [0.15, 0.2) is 0 Å². The van der Waals surface area contributed by atoms with Crippen molar-refractivity contribution < 1.29 is 4.79 Å². The van der Waals surface area contributed by atoms with E-state index in [0.717, 1.165) is 43.4 Å². The predicted octanol–water partition coefficient (Wildman–Crippen LogP) is 7.92. The van der Waals surface area contributed by atoms with Gasteiger partial charge in [-0.05, 0) is 97.2 Å². The summed E-state index contributed by atoms with van der Waals surface area (Å²) < 4.78 is 0. The molecule has 0 aliphatic heterocycles. The maximum absolute atomic E-state index is 13.3. The lowest BCUT2D eigenvalue weighted by atomic mass is 9.44. The van der Waals surface area contributed by atoms with Gasteiger partial charge < -0.3 is 0 Å². The molecule has 4 rings (SSSR count). The van der Waals surface area contributed by atoms with E-state index in [1.54, 1.807) is 0 Å².